The Hall–Kier alpha value is -1.26. The fourth-order valence-electron chi connectivity index (χ4n) is 1.19. The second-order valence-corrected chi connectivity index (χ2v) is 4.20. The molecule has 0 fully saturated rings. The average molecular weight is 258 g/mol. The van der Waals surface area contributed by atoms with Crippen molar-refractivity contribution in [3.63, 3.8) is 0 Å². The van der Waals surface area contributed by atoms with Crippen LogP contribution in [0.5, 0.6) is 0 Å². The molecule has 2 N–H and O–H groups in total. The lowest BCUT2D eigenvalue weighted by Crippen LogP contribution is -2.13. The first-order valence-corrected chi connectivity index (χ1v) is 5.72. The molecule has 0 aromatic heterocycles. The van der Waals surface area contributed by atoms with Gasteiger partial charge in [-0.15, -0.1) is 0 Å². The highest BCUT2D eigenvalue weighted by molar-refractivity contribution is 6.33. The van der Waals surface area contributed by atoms with E-state index in [9.17, 15) is 4.79 Å². The molecule has 0 saturated heterocycles. The standard InChI is InChI=1S/C12H16ClNO3/c1-8(2)16-5-6-17-12(15)10-4-3-9(14)7-11(10)13/h3-4,7-8H,5-6,14H2,1-2H3. The van der Waals surface area contributed by atoms with E-state index < -0.39 is 5.97 Å². The number of halogens is 1. The molecule has 0 spiro atoms. The Morgan fingerprint density at radius 2 is 2.12 bits per heavy atom. The molecule has 0 saturated carbocycles. The van der Waals surface area contributed by atoms with Gasteiger partial charge in [0, 0.05) is 5.69 Å². The third-order valence-corrected chi connectivity index (χ3v) is 2.29. The third-order valence-electron chi connectivity index (χ3n) is 1.98. The van der Waals surface area contributed by atoms with E-state index in [1.54, 1.807) is 12.1 Å². The van der Waals surface area contributed by atoms with Gasteiger partial charge in [-0.2, -0.15) is 0 Å². The Bertz CT molecular complexity index is 393. The van der Waals surface area contributed by atoms with Crippen molar-refractivity contribution in [2.24, 2.45) is 0 Å². The molecule has 0 amide bonds. The monoisotopic (exact) mass is 257 g/mol. The lowest BCUT2D eigenvalue weighted by molar-refractivity contribution is 0.0177. The molecule has 0 unspecified atom stereocenters. The van der Waals surface area contributed by atoms with E-state index in [1.165, 1.54) is 6.07 Å². The van der Waals surface area contributed by atoms with Gasteiger partial charge in [0.15, 0.2) is 0 Å². The van der Waals surface area contributed by atoms with Gasteiger partial charge in [-0.1, -0.05) is 11.6 Å². The number of ether oxygens (including phenoxy) is 2. The fourth-order valence-corrected chi connectivity index (χ4v) is 1.46. The molecule has 17 heavy (non-hydrogen) atoms. The van der Waals surface area contributed by atoms with Crippen LogP contribution in [0.3, 0.4) is 0 Å². The minimum absolute atomic E-state index is 0.119. The average Bonchev–Trinajstić information content (AvgIpc) is 2.23. The lowest BCUT2D eigenvalue weighted by atomic mass is 10.2. The zero-order valence-electron chi connectivity index (χ0n) is 9.90. The smallest absolute Gasteiger partial charge is 0.339 e. The van der Waals surface area contributed by atoms with Gasteiger partial charge in [0.25, 0.3) is 0 Å². The van der Waals surface area contributed by atoms with Gasteiger partial charge in [0.1, 0.15) is 6.61 Å². The highest BCUT2D eigenvalue weighted by atomic mass is 35.5. The van der Waals surface area contributed by atoms with Crippen molar-refractivity contribution in [3.8, 4) is 0 Å². The quantitative estimate of drug-likeness (QED) is 0.500. The summed E-state index contributed by atoms with van der Waals surface area (Å²) in [5.74, 6) is -0.470. The van der Waals surface area contributed by atoms with Crippen molar-refractivity contribution in [1.29, 1.82) is 0 Å². The molecule has 1 aromatic rings. The maximum Gasteiger partial charge on any atom is 0.339 e. The van der Waals surface area contributed by atoms with E-state index in [-0.39, 0.29) is 12.7 Å². The van der Waals surface area contributed by atoms with Crippen LogP contribution in [-0.2, 0) is 9.47 Å². The number of anilines is 1. The van der Waals surface area contributed by atoms with E-state index in [1.807, 2.05) is 13.8 Å². The molecule has 0 radical (unpaired) electrons. The van der Waals surface area contributed by atoms with Crippen LogP contribution < -0.4 is 5.73 Å². The summed E-state index contributed by atoms with van der Waals surface area (Å²) in [5, 5.41) is 0.291. The van der Waals surface area contributed by atoms with Crippen LogP contribution in [0.25, 0.3) is 0 Å². The second kappa shape index (κ2) is 6.47. The summed E-state index contributed by atoms with van der Waals surface area (Å²) >= 11 is 5.88. The first kappa shape index (κ1) is 13.8. The molecule has 0 aliphatic rings. The largest absolute Gasteiger partial charge is 0.460 e. The van der Waals surface area contributed by atoms with Gasteiger partial charge >= 0.3 is 5.97 Å². The van der Waals surface area contributed by atoms with Crippen molar-refractivity contribution in [3.05, 3.63) is 28.8 Å². The zero-order valence-corrected chi connectivity index (χ0v) is 10.7. The van der Waals surface area contributed by atoms with Crippen molar-refractivity contribution in [2.75, 3.05) is 18.9 Å². The first-order valence-electron chi connectivity index (χ1n) is 5.34. The second-order valence-electron chi connectivity index (χ2n) is 3.79. The third kappa shape index (κ3) is 4.63. The van der Waals surface area contributed by atoms with Gasteiger partial charge in [-0.25, -0.2) is 4.79 Å². The number of nitrogen functional groups attached to an aromatic ring is 1. The predicted octanol–water partition coefficient (Wildman–Crippen LogP) is 2.50. The summed E-state index contributed by atoms with van der Waals surface area (Å²) in [7, 11) is 0. The summed E-state index contributed by atoms with van der Waals surface area (Å²) in [6.07, 6.45) is 0.119. The zero-order chi connectivity index (χ0) is 12.8. The Labute approximate surface area is 106 Å². The van der Waals surface area contributed by atoms with Crippen LogP contribution in [0.15, 0.2) is 18.2 Å². The Kier molecular flexibility index (Phi) is 5.25. The number of benzene rings is 1. The van der Waals surface area contributed by atoms with Crippen LogP contribution >= 0.6 is 11.6 Å². The molecule has 1 aromatic carbocycles. The maximum atomic E-state index is 11.6. The van der Waals surface area contributed by atoms with Crippen LogP contribution in [0.4, 0.5) is 5.69 Å². The van der Waals surface area contributed by atoms with Gasteiger partial charge in [0.2, 0.25) is 0 Å². The highest BCUT2D eigenvalue weighted by Gasteiger charge is 2.11. The number of hydrogen-bond acceptors (Lipinski definition) is 4. The molecule has 0 heterocycles. The topological polar surface area (TPSA) is 61.5 Å². The van der Waals surface area contributed by atoms with Gasteiger partial charge < -0.3 is 15.2 Å². The Balaban J connectivity index is 2.47. The Morgan fingerprint density at radius 1 is 1.41 bits per heavy atom. The molecule has 0 aliphatic carbocycles. The minimum atomic E-state index is -0.470. The normalized spacial score (nSPS) is 10.6. The van der Waals surface area contributed by atoms with Crippen molar-refractivity contribution in [1.82, 2.24) is 0 Å². The van der Waals surface area contributed by atoms with Crippen LogP contribution in [-0.4, -0.2) is 25.3 Å². The van der Waals surface area contributed by atoms with E-state index >= 15 is 0 Å². The highest BCUT2D eigenvalue weighted by Crippen LogP contribution is 2.19. The summed E-state index contributed by atoms with van der Waals surface area (Å²) in [6, 6.07) is 4.67. The summed E-state index contributed by atoms with van der Waals surface area (Å²) in [4.78, 5) is 11.6. The fraction of sp³-hybridized carbons (Fsp3) is 0.417. The molecule has 0 bridgehead atoms. The number of rotatable bonds is 5. The Morgan fingerprint density at radius 3 is 2.71 bits per heavy atom. The summed E-state index contributed by atoms with van der Waals surface area (Å²) in [6.45, 7) is 4.41. The molecule has 1 rings (SSSR count). The number of nitrogens with two attached hydrogens (primary N) is 1. The summed E-state index contributed by atoms with van der Waals surface area (Å²) in [5.41, 5.74) is 6.35. The molecular formula is C12H16ClNO3. The van der Waals surface area contributed by atoms with Crippen LogP contribution in [0.1, 0.15) is 24.2 Å². The predicted molar refractivity (Wildman–Crippen MR) is 67.2 cm³/mol. The van der Waals surface area contributed by atoms with E-state index in [0.717, 1.165) is 0 Å². The van der Waals surface area contributed by atoms with Crippen molar-refractivity contribution >= 4 is 23.3 Å². The van der Waals surface area contributed by atoms with E-state index in [0.29, 0.717) is 22.9 Å². The van der Waals surface area contributed by atoms with E-state index in [4.69, 9.17) is 26.8 Å². The van der Waals surface area contributed by atoms with Crippen molar-refractivity contribution < 1.29 is 14.3 Å². The van der Waals surface area contributed by atoms with Gasteiger partial charge in [-0.05, 0) is 32.0 Å². The molecule has 94 valence electrons. The van der Waals surface area contributed by atoms with E-state index in [2.05, 4.69) is 0 Å². The van der Waals surface area contributed by atoms with Gasteiger partial charge in [-0.3, -0.25) is 0 Å². The molecular weight excluding hydrogens is 242 g/mol. The number of esters is 1. The molecule has 0 aliphatic heterocycles. The maximum absolute atomic E-state index is 11.6. The molecule has 4 nitrogen and oxygen atoms in total. The SMILES string of the molecule is CC(C)OCCOC(=O)c1ccc(N)cc1Cl. The first-order chi connectivity index (χ1) is 8.00. The lowest BCUT2D eigenvalue weighted by Gasteiger charge is -2.09. The molecule has 5 heteroatoms. The van der Waals surface area contributed by atoms with Gasteiger partial charge in [0.05, 0.1) is 23.3 Å². The van der Waals surface area contributed by atoms with Crippen LogP contribution in [0, 0.1) is 0 Å². The van der Waals surface area contributed by atoms with Crippen molar-refractivity contribution in [2.45, 2.75) is 20.0 Å². The van der Waals surface area contributed by atoms with Crippen LogP contribution in [0.2, 0.25) is 5.02 Å². The number of carbonyl (C=O) groups excluding carboxylic acids is 1. The number of carbonyl (C=O) groups is 1. The minimum Gasteiger partial charge on any atom is -0.460 e. The molecule has 0 atom stereocenters. The summed E-state index contributed by atoms with van der Waals surface area (Å²) < 4.78 is 10.3. The number of hydrogen-bond donors (Lipinski definition) is 1.